The minimum Gasteiger partial charge on any atom is -0.337 e. The number of amides is 1. The van der Waals surface area contributed by atoms with Crippen molar-refractivity contribution in [2.45, 2.75) is 44.2 Å². The van der Waals surface area contributed by atoms with Gasteiger partial charge in [0.1, 0.15) is 5.54 Å². The van der Waals surface area contributed by atoms with Gasteiger partial charge in [-0.25, -0.2) is 0 Å². The van der Waals surface area contributed by atoms with Crippen molar-refractivity contribution in [1.29, 1.82) is 5.26 Å². The second-order valence-corrected chi connectivity index (χ2v) is 6.39. The fourth-order valence-corrected chi connectivity index (χ4v) is 3.07. The van der Waals surface area contributed by atoms with Gasteiger partial charge in [0.15, 0.2) is 0 Å². The van der Waals surface area contributed by atoms with E-state index in [4.69, 9.17) is 0 Å². The second-order valence-electron chi connectivity index (χ2n) is 6.39. The number of benzene rings is 1. The number of nitrogens with one attached hydrogen (secondary N) is 1. The Morgan fingerprint density at radius 3 is 2.75 bits per heavy atom. The van der Waals surface area contributed by atoms with Crippen LogP contribution in [0.5, 0.6) is 0 Å². The highest BCUT2D eigenvalue weighted by molar-refractivity contribution is 5.79. The molecule has 1 unspecified atom stereocenters. The molecule has 0 saturated heterocycles. The van der Waals surface area contributed by atoms with E-state index in [9.17, 15) is 20.2 Å². The number of hydrogen-bond acceptors (Lipinski definition) is 5. The summed E-state index contributed by atoms with van der Waals surface area (Å²) in [5, 5.41) is 23.1. The van der Waals surface area contributed by atoms with Crippen molar-refractivity contribution in [2.75, 3.05) is 13.6 Å². The Labute approximate surface area is 141 Å². The van der Waals surface area contributed by atoms with Crippen molar-refractivity contribution in [2.24, 2.45) is 0 Å². The molecule has 2 rings (SSSR count). The number of non-ortho nitro benzene ring substituents is 1. The van der Waals surface area contributed by atoms with Crippen LogP contribution in [0.25, 0.3) is 0 Å². The van der Waals surface area contributed by atoms with Gasteiger partial charge in [-0.3, -0.25) is 19.8 Å². The van der Waals surface area contributed by atoms with E-state index >= 15 is 0 Å². The minimum absolute atomic E-state index is 0.0339. The van der Waals surface area contributed by atoms with Gasteiger partial charge in [-0.15, -0.1) is 0 Å². The molecule has 128 valence electrons. The lowest BCUT2D eigenvalue weighted by atomic mass is 10.00. The van der Waals surface area contributed by atoms with E-state index in [2.05, 4.69) is 11.4 Å². The van der Waals surface area contributed by atoms with Gasteiger partial charge in [-0.05, 0) is 45.2 Å². The van der Waals surface area contributed by atoms with Gasteiger partial charge in [0, 0.05) is 18.2 Å². The second kappa shape index (κ2) is 7.41. The van der Waals surface area contributed by atoms with Crippen molar-refractivity contribution in [3.63, 3.8) is 0 Å². The van der Waals surface area contributed by atoms with Crippen LogP contribution in [0.15, 0.2) is 24.3 Å². The van der Waals surface area contributed by atoms with Gasteiger partial charge in [0.2, 0.25) is 5.91 Å². The van der Waals surface area contributed by atoms with Crippen LogP contribution in [0.1, 0.15) is 44.2 Å². The van der Waals surface area contributed by atoms with Crippen molar-refractivity contribution in [1.82, 2.24) is 10.2 Å². The van der Waals surface area contributed by atoms with E-state index < -0.39 is 10.5 Å². The first-order valence-electron chi connectivity index (χ1n) is 8.04. The summed E-state index contributed by atoms with van der Waals surface area (Å²) in [4.78, 5) is 24.5. The van der Waals surface area contributed by atoms with E-state index in [1.807, 2.05) is 11.8 Å². The molecular weight excluding hydrogens is 308 g/mol. The first-order chi connectivity index (χ1) is 11.4. The third-order valence-electron chi connectivity index (χ3n) is 4.67. The van der Waals surface area contributed by atoms with Crippen LogP contribution in [0.3, 0.4) is 0 Å². The van der Waals surface area contributed by atoms with E-state index in [0.717, 1.165) is 18.4 Å². The zero-order valence-corrected chi connectivity index (χ0v) is 14.0. The molecule has 7 nitrogen and oxygen atoms in total. The van der Waals surface area contributed by atoms with E-state index in [1.54, 1.807) is 19.2 Å². The van der Waals surface area contributed by atoms with Crippen LogP contribution in [0.2, 0.25) is 0 Å². The van der Waals surface area contributed by atoms with Gasteiger partial charge in [-0.2, -0.15) is 5.26 Å². The number of hydrogen-bond donors (Lipinski definition) is 1. The standard InChI is InChI=1S/C17H22N4O3/c1-13(14-6-5-7-15(10-14)21(23)24)20(2)11-16(22)19-17(12-18)8-3-4-9-17/h5-7,10,13H,3-4,8-9,11H2,1-2H3,(H,19,22). The van der Waals surface area contributed by atoms with Crippen LogP contribution in [-0.2, 0) is 4.79 Å². The highest BCUT2D eigenvalue weighted by Crippen LogP contribution is 2.29. The van der Waals surface area contributed by atoms with Crippen molar-refractivity contribution < 1.29 is 9.72 Å². The number of nitro groups is 1. The molecule has 1 aliphatic rings. The molecule has 1 fully saturated rings. The molecule has 0 radical (unpaired) electrons. The Hall–Kier alpha value is -2.46. The third kappa shape index (κ3) is 4.09. The lowest BCUT2D eigenvalue weighted by molar-refractivity contribution is -0.384. The molecule has 0 aromatic heterocycles. The van der Waals surface area contributed by atoms with Crippen molar-refractivity contribution in [3.05, 3.63) is 39.9 Å². The Morgan fingerprint density at radius 2 is 2.17 bits per heavy atom. The third-order valence-corrected chi connectivity index (χ3v) is 4.67. The number of carbonyl (C=O) groups excluding carboxylic acids is 1. The summed E-state index contributed by atoms with van der Waals surface area (Å²) < 4.78 is 0. The molecule has 1 amide bonds. The lowest BCUT2D eigenvalue weighted by Crippen LogP contribution is -2.48. The van der Waals surface area contributed by atoms with Gasteiger partial charge in [0.05, 0.1) is 17.5 Å². The topological polar surface area (TPSA) is 99.3 Å². The predicted molar refractivity (Wildman–Crippen MR) is 89.1 cm³/mol. The fourth-order valence-electron chi connectivity index (χ4n) is 3.07. The molecule has 1 atom stereocenters. The first kappa shape index (κ1) is 17.9. The maximum absolute atomic E-state index is 12.3. The normalized spacial score (nSPS) is 17.2. The molecule has 7 heteroatoms. The number of nitrogens with zero attached hydrogens (tertiary/aromatic N) is 3. The molecule has 1 N–H and O–H groups in total. The van der Waals surface area contributed by atoms with Gasteiger partial charge in [-0.1, -0.05) is 12.1 Å². The molecule has 1 aromatic rings. The Balaban J connectivity index is 1.99. The smallest absolute Gasteiger partial charge is 0.269 e. The maximum atomic E-state index is 12.3. The minimum atomic E-state index is -0.729. The predicted octanol–water partition coefficient (Wildman–Crippen LogP) is 2.54. The highest BCUT2D eigenvalue weighted by Gasteiger charge is 2.35. The number of likely N-dealkylation sites (N-methyl/N-ethyl adjacent to an activating group) is 1. The Bertz CT molecular complexity index is 662. The summed E-state index contributed by atoms with van der Waals surface area (Å²) >= 11 is 0. The summed E-state index contributed by atoms with van der Waals surface area (Å²) in [7, 11) is 1.79. The Morgan fingerprint density at radius 1 is 1.50 bits per heavy atom. The Kier molecular flexibility index (Phi) is 5.52. The van der Waals surface area contributed by atoms with E-state index in [0.29, 0.717) is 12.8 Å². The van der Waals surface area contributed by atoms with Crippen molar-refractivity contribution in [3.8, 4) is 6.07 Å². The number of carbonyl (C=O) groups is 1. The SMILES string of the molecule is CC(c1cccc([N+](=O)[O-])c1)N(C)CC(=O)NC1(C#N)CCCC1. The zero-order valence-electron chi connectivity index (χ0n) is 14.0. The molecule has 1 aliphatic carbocycles. The molecule has 24 heavy (non-hydrogen) atoms. The lowest BCUT2D eigenvalue weighted by Gasteiger charge is -2.27. The average Bonchev–Trinajstić information content (AvgIpc) is 3.03. The van der Waals surface area contributed by atoms with Crippen LogP contribution in [0, 0.1) is 21.4 Å². The fraction of sp³-hybridized carbons (Fsp3) is 0.529. The number of rotatable bonds is 6. The van der Waals surface area contributed by atoms with Gasteiger partial charge in [0.25, 0.3) is 5.69 Å². The molecule has 0 bridgehead atoms. The molecule has 0 aliphatic heterocycles. The average molecular weight is 330 g/mol. The quantitative estimate of drug-likeness (QED) is 0.638. The zero-order chi connectivity index (χ0) is 17.7. The maximum Gasteiger partial charge on any atom is 0.269 e. The van der Waals surface area contributed by atoms with Crippen LogP contribution in [-0.4, -0.2) is 34.9 Å². The molecule has 1 aromatic carbocycles. The summed E-state index contributed by atoms with van der Waals surface area (Å²) in [6.07, 6.45) is 3.29. The molecule has 0 heterocycles. The highest BCUT2D eigenvalue weighted by atomic mass is 16.6. The summed E-state index contributed by atoms with van der Waals surface area (Å²) in [5.74, 6) is -0.196. The van der Waals surface area contributed by atoms with Crippen LogP contribution < -0.4 is 5.32 Å². The van der Waals surface area contributed by atoms with E-state index in [-0.39, 0.29) is 24.2 Å². The largest absolute Gasteiger partial charge is 0.337 e. The molecule has 0 spiro atoms. The van der Waals surface area contributed by atoms with Crippen LogP contribution in [0.4, 0.5) is 5.69 Å². The molecular formula is C17H22N4O3. The van der Waals surface area contributed by atoms with Gasteiger partial charge < -0.3 is 5.32 Å². The van der Waals surface area contributed by atoms with Crippen LogP contribution >= 0.6 is 0 Å². The first-order valence-corrected chi connectivity index (χ1v) is 8.04. The van der Waals surface area contributed by atoms with Crippen molar-refractivity contribution >= 4 is 11.6 Å². The van der Waals surface area contributed by atoms with E-state index in [1.165, 1.54) is 12.1 Å². The summed E-state index contributed by atoms with van der Waals surface area (Å²) in [5.41, 5.74) is 0.0779. The summed E-state index contributed by atoms with van der Waals surface area (Å²) in [6, 6.07) is 8.49. The number of nitro benzene ring substituents is 1. The van der Waals surface area contributed by atoms with Gasteiger partial charge >= 0.3 is 0 Å². The molecule has 1 saturated carbocycles. The number of nitriles is 1. The summed E-state index contributed by atoms with van der Waals surface area (Å²) in [6.45, 7) is 2.02. The monoisotopic (exact) mass is 330 g/mol.